The summed E-state index contributed by atoms with van der Waals surface area (Å²) in [5.74, 6) is -0.212. The van der Waals surface area contributed by atoms with Crippen molar-refractivity contribution in [2.24, 2.45) is 0 Å². The van der Waals surface area contributed by atoms with Crippen molar-refractivity contribution in [3.05, 3.63) is 94.0 Å². The van der Waals surface area contributed by atoms with E-state index in [9.17, 15) is 14.9 Å². The molecule has 130 valence electrons. The Morgan fingerprint density at radius 2 is 1.62 bits per heavy atom. The van der Waals surface area contributed by atoms with E-state index in [4.69, 9.17) is 0 Å². The number of aryl methyl sites for hydroxylation is 1. The van der Waals surface area contributed by atoms with Gasteiger partial charge in [-0.1, -0.05) is 60.7 Å². The number of nitrogens with one attached hydrogen (secondary N) is 1. The molecule has 0 radical (unpaired) electrons. The van der Waals surface area contributed by atoms with Crippen molar-refractivity contribution in [2.45, 2.75) is 13.3 Å². The molecule has 0 spiro atoms. The highest BCUT2D eigenvalue weighted by Crippen LogP contribution is 2.23. The third-order valence-electron chi connectivity index (χ3n) is 4.12. The third-order valence-corrected chi connectivity index (χ3v) is 4.12. The van der Waals surface area contributed by atoms with Gasteiger partial charge in [-0.25, -0.2) is 0 Å². The van der Waals surface area contributed by atoms with Gasteiger partial charge in [0.2, 0.25) is 5.91 Å². The van der Waals surface area contributed by atoms with E-state index in [0.717, 1.165) is 16.7 Å². The smallest absolute Gasteiger partial charge is 0.274 e. The first-order valence-corrected chi connectivity index (χ1v) is 8.22. The highest BCUT2D eigenvalue weighted by atomic mass is 16.6. The highest BCUT2D eigenvalue weighted by molar-refractivity contribution is 5.92. The van der Waals surface area contributed by atoms with Gasteiger partial charge in [0.05, 0.1) is 11.3 Å². The van der Waals surface area contributed by atoms with Crippen molar-refractivity contribution >= 4 is 17.3 Å². The van der Waals surface area contributed by atoms with Gasteiger partial charge in [-0.05, 0) is 29.7 Å². The Morgan fingerprint density at radius 1 is 0.962 bits per heavy atom. The molecule has 26 heavy (non-hydrogen) atoms. The molecule has 0 unspecified atom stereocenters. The van der Waals surface area contributed by atoms with E-state index >= 15 is 0 Å². The van der Waals surface area contributed by atoms with Crippen LogP contribution in [0.3, 0.4) is 0 Å². The van der Waals surface area contributed by atoms with Crippen LogP contribution < -0.4 is 5.32 Å². The van der Waals surface area contributed by atoms with Crippen molar-refractivity contribution < 1.29 is 9.72 Å². The standard InChI is InChI=1S/C21H18N2O3/c1-15-7-12-19(14-20(15)23(25)26)22-21(24)13-16-8-10-18(11-9-16)17-5-3-2-4-6-17/h2-12,14H,13H2,1H3,(H,22,24). The lowest BCUT2D eigenvalue weighted by atomic mass is 10.0. The summed E-state index contributed by atoms with van der Waals surface area (Å²) in [7, 11) is 0. The number of benzene rings is 3. The zero-order chi connectivity index (χ0) is 18.5. The normalized spacial score (nSPS) is 10.3. The van der Waals surface area contributed by atoms with Gasteiger partial charge < -0.3 is 5.32 Å². The van der Waals surface area contributed by atoms with Gasteiger partial charge in [0.1, 0.15) is 0 Å². The molecule has 0 aliphatic carbocycles. The number of nitrogens with zero attached hydrogens (tertiary/aromatic N) is 1. The number of hydrogen-bond donors (Lipinski definition) is 1. The summed E-state index contributed by atoms with van der Waals surface area (Å²) < 4.78 is 0. The minimum absolute atomic E-state index is 0.00462. The summed E-state index contributed by atoms with van der Waals surface area (Å²) in [6.07, 6.45) is 0.205. The summed E-state index contributed by atoms with van der Waals surface area (Å²) in [6.45, 7) is 1.66. The van der Waals surface area contributed by atoms with Crippen molar-refractivity contribution in [3.63, 3.8) is 0 Å². The maximum absolute atomic E-state index is 12.2. The fourth-order valence-corrected chi connectivity index (χ4v) is 2.72. The predicted octanol–water partition coefficient (Wildman–Crippen LogP) is 4.75. The van der Waals surface area contributed by atoms with E-state index in [1.165, 1.54) is 6.07 Å². The van der Waals surface area contributed by atoms with Crippen LogP contribution in [0, 0.1) is 17.0 Å². The van der Waals surface area contributed by atoms with Gasteiger partial charge in [0.15, 0.2) is 0 Å². The third kappa shape index (κ3) is 4.13. The van der Waals surface area contributed by atoms with Crippen LogP contribution in [0.4, 0.5) is 11.4 Å². The summed E-state index contributed by atoms with van der Waals surface area (Å²) in [4.78, 5) is 22.8. The van der Waals surface area contributed by atoms with Gasteiger partial charge in [-0.3, -0.25) is 14.9 Å². The molecule has 3 aromatic rings. The molecule has 0 saturated carbocycles. The van der Waals surface area contributed by atoms with Gasteiger partial charge in [0.25, 0.3) is 5.69 Å². The van der Waals surface area contributed by atoms with Crippen LogP contribution in [0.5, 0.6) is 0 Å². The molecule has 0 aromatic heterocycles. The monoisotopic (exact) mass is 346 g/mol. The number of carbonyl (C=O) groups excluding carboxylic acids is 1. The SMILES string of the molecule is Cc1ccc(NC(=O)Cc2ccc(-c3ccccc3)cc2)cc1[N+](=O)[O-]. The molecule has 0 bridgehead atoms. The van der Waals surface area contributed by atoms with Crippen molar-refractivity contribution in [1.29, 1.82) is 0 Å². The van der Waals surface area contributed by atoms with Crippen LogP contribution in [0.2, 0.25) is 0 Å². The lowest BCUT2D eigenvalue weighted by Gasteiger charge is -2.07. The first-order valence-electron chi connectivity index (χ1n) is 8.22. The van der Waals surface area contributed by atoms with Gasteiger partial charge in [0, 0.05) is 17.3 Å². The average molecular weight is 346 g/mol. The number of anilines is 1. The number of amides is 1. The van der Waals surface area contributed by atoms with E-state index < -0.39 is 4.92 Å². The van der Waals surface area contributed by atoms with E-state index in [2.05, 4.69) is 5.32 Å². The number of carbonyl (C=O) groups is 1. The van der Waals surface area contributed by atoms with Crippen molar-refractivity contribution in [2.75, 3.05) is 5.32 Å². The molecule has 3 aromatic carbocycles. The quantitative estimate of drug-likeness (QED) is 0.535. The zero-order valence-corrected chi connectivity index (χ0v) is 14.3. The van der Waals surface area contributed by atoms with Crippen LogP contribution in [-0.4, -0.2) is 10.8 Å². The molecule has 0 atom stereocenters. The Balaban J connectivity index is 1.67. The largest absolute Gasteiger partial charge is 0.326 e. The van der Waals surface area contributed by atoms with Crippen LogP contribution in [0.25, 0.3) is 11.1 Å². The first kappa shape index (κ1) is 17.4. The molecule has 5 heteroatoms. The minimum atomic E-state index is -0.451. The number of hydrogen-bond acceptors (Lipinski definition) is 3. The molecule has 0 fully saturated rings. The van der Waals surface area contributed by atoms with Gasteiger partial charge in [-0.15, -0.1) is 0 Å². The number of rotatable bonds is 5. The zero-order valence-electron chi connectivity index (χ0n) is 14.3. The Hall–Kier alpha value is -3.47. The second-order valence-electron chi connectivity index (χ2n) is 6.05. The summed E-state index contributed by atoms with van der Waals surface area (Å²) in [5.41, 5.74) is 4.07. The Bertz CT molecular complexity index is 935. The molecular weight excluding hydrogens is 328 g/mol. The number of nitro groups is 1. The second-order valence-corrected chi connectivity index (χ2v) is 6.05. The van der Waals surface area contributed by atoms with Crippen LogP contribution in [0.15, 0.2) is 72.8 Å². The molecule has 0 aliphatic rings. The van der Waals surface area contributed by atoms with Crippen LogP contribution in [0.1, 0.15) is 11.1 Å². The predicted molar refractivity (Wildman–Crippen MR) is 102 cm³/mol. The van der Waals surface area contributed by atoms with E-state index in [1.807, 2.05) is 54.6 Å². The molecule has 0 heterocycles. The van der Waals surface area contributed by atoms with Crippen molar-refractivity contribution in [3.8, 4) is 11.1 Å². The Labute approximate surface area is 151 Å². The Kier molecular flexibility index (Phi) is 5.08. The minimum Gasteiger partial charge on any atom is -0.326 e. The lowest BCUT2D eigenvalue weighted by Crippen LogP contribution is -2.14. The van der Waals surface area contributed by atoms with Crippen LogP contribution >= 0.6 is 0 Å². The molecule has 0 aliphatic heterocycles. The maximum Gasteiger partial charge on any atom is 0.274 e. The molecule has 1 amide bonds. The van der Waals surface area contributed by atoms with Gasteiger partial charge >= 0.3 is 0 Å². The summed E-state index contributed by atoms with van der Waals surface area (Å²) >= 11 is 0. The van der Waals surface area contributed by atoms with E-state index in [1.54, 1.807) is 19.1 Å². The first-order chi connectivity index (χ1) is 12.5. The van der Waals surface area contributed by atoms with Crippen LogP contribution in [-0.2, 0) is 11.2 Å². The maximum atomic E-state index is 12.2. The van der Waals surface area contributed by atoms with Gasteiger partial charge in [-0.2, -0.15) is 0 Å². The summed E-state index contributed by atoms with van der Waals surface area (Å²) in [6, 6.07) is 22.5. The Morgan fingerprint density at radius 3 is 2.27 bits per heavy atom. The fraction of sp³-hybridized carbons (Fsp3) is 0.0952. The molecule has 5 nitrogen and oxygen atoms in total. The highest BCUT2D eigenvalue weighted by Gasteiger charge is 2.12. The average Bonchev–Trinajstić information content (AvgIpc) is 2.64. The second kappa shape index (κ2) is 7.61. The fourth-order valence-electron chi connectivity index (χ4n) is 2.72. The molecule has 3 rings (SSSR count). The molecule has 0 saturated heterocycles. The molecular formula is C21H18N2O3. The van der Waals surface area contributed by atoms with E-state index in [0.29, 0.717) is 11.3 Å². The van der Waals surface area contributed by atoms with Crippen molar-refractivity contribution in [1.82, 2.24) is 0 Å². The van der Waals surface area contributed by atoms with E-state index in [-0.39, 0.29) is 18.0 Å². The lowest BCUT2D eigenvalue weighted by molar-refractivity contribution is -0.385. The summed E-state index contributed by atoms with van der Waals surface area (Å²) in [5, 5.41) is 13.7. The molecule has 1 N–H and O–H groups in total. The topological polar surface area (TPSA) is 72.2 Å². The number of nitro benzene ring substituents is 1.